The van der Waals surface area contributed by atoms with Gasteiger partial charge in [0.15, 0.2) is 11.0 Å². The second-order valence-electron chi connectivity index (χ2n) is 10.2. The number of para-hydroxylation sites is 1. The van der Waals surface area contributed by atoms with Gasteiger partial charge in [0.1, 0.15) is 0 Å². The van der Waals surface area contributed by atoms with Crippen LogP contribution in [0.2, 0.25) is 0 Å². The molecule has 1 aliphatic rings. The molecule has 6 rings (SSSR count). The van der Waals surface area contributed by atoms with Gasteiger partial charge >= 0.3 is 0 Å². The van der Waals surface area contributed by atoms with E-state index in [0.717, 1.165) is 27.4 Å². The molecule has 0 saturated carbocycles. The lowest BCUT2D eigenvalue weighted by atomic mass is 10.00. The fraction of sp³-hybridized carbons (Fsp3) is 0.156. The maximum absolute atomic E-state index is 13.7. The summed E-state index contributed by atoms with van der Waals surface area (Å²) in [6.45, 7) is 2.08. The van der Waals surface area contributed by atoms with Gasteiger partial charge in [-0.1, -0.05) is 65.9 Å². The minimum absolute atomic E-state index is 0.0440. The van der Waals surface area contributed by atoms with Gasteiger partial charge in [0.05, 0.1) is 33.9 Å². The summed E-state index contributed by atoms with van der Waals surface area (Å²) in [7, 11) is 0. The molecular formula is C32H27N7O4S2. The number of hydrogen-bond acceptors (Lipinski definition) is 9. The predicted octanol–water partition coefficient (Wildman–Crippen LogP) is 5.95. The van der Waals surface area contributed by atoms with Crippen molar-refractivity contribution in [1.29, 1.82) is 0 Å². The number of carbonyl (C=O) groups excluding carboxylic acids is 2. The van der Waals surface area contributed by atoms with E-state index in [2.05, 4.69) is 15.5 Å². The largest absolute Gasteiger partial charge is 0.345 e. The Morgan fingerprint density at radius 2 is 1.76 bits per heavy atom. The summed E-state index contributed by atoms with van der Waals surface area (Å²) in [5.74, 6) is -0.0349. The van der Waals surface area contributed by atoms with Crippen molar-refractivity contribution in [2.24, 2.45) is 5.10 Å². The van der Waals surface area contributed by atoms with Crippen molar-refractivity contribution in [3.63, 3.8) is 0 Å². The van der Waals surface area contributed by atoms with E-state index >= 15 is 0 Å². The molecule has 0 spiro atoms. The van der Waals surface area contributed by atoms with Crippen LogP contribution in [0, 0.1) is 17.0 Å². The monoisotopic (exact) mass is 637 g/mol. The molecule has 3 heterocycles. The molecule has 0 saturated heterocycles. The molecule has 2 amide bonds. The van der Waals surface area contributed by atoms with Crippen molar-refractivity contribution in [3.05, 3.63) is 134 Å². The van der Waals surface area contributed by atoms with Gasteiger partial charge in [0.25, 0.3) is 17.5 Å². The molecule has 0 radical (unpaired) electrons. The molecule has 45 heavy (non-hydrogen) atoms. The van der Waals surface area contributed by atoms with Crippen LogP contribution in [0.3, 0.4) is 0 Å². The first-order valence-electron chi connectivity index (χ1n) is 14.0. The number of rotatable bonds is 10. The highest BCUT2D eigenvalue weighted by molar-refractivity contribution is 7.99. The minimum atomic E-state index is -0.518. The number of nitrogens with zero attached hydrogens (tertiary/aromatic N) is 6. The second kappa shape index (κ2) is 13.2. The molecule has 13 heteroatoms. The van der Waals surface area contributed by atoms with E-state index in [1.54, 1.807) is 20.9 Å². The molecule has 226 valence electrons. The molecule has 0 aliphatic carbocycles. The Morgan fingerprint density at radius 1 is 1.00 bits per heavy atom. The number of nitro groups is 1. The fourth-order valence-electron chi connectivity index (χ4n) is 4.91. The number of hydrazone groups is 1. The van der Waals surface area contributed by atoms with Gasteiger partial charge in [0, 0.05) is 29.8 Å². The standard InChI is InChI=1S/C32H27N7O4S2/c1-21-9-11-22(12-10-21)27-18-26(28-8-5-17-44-28)36-38(27)30(40)20-45-32-35-34-29(37(32)24-6-3-2-4-7-24)19-33-31(41)23-13-15-25(16-14-23)39(42)43/h2-17,27H,18-20H2,1H3,(H,33,41)/t27-/m1/s1. The summed E-state index contributed by atoms with van der Waals surface area (Å²) < 4.78 is 1.80. The first-order chi connectivity index (χ1) is 21.9. The summed E-state index contributed by atoms with van der Waals surface area (Å²) in [5, 5.41) is 31.3. The number of benzene rings is 3. The number of aromatic nitrogens is 3. The molecule has 0 unspecified atom stereocenters. The summed E-state index contributed by atoms with van der Waals surface area (Å²) >= 11 is 2.85. The Morgan fingerprint density at radius 3 is 2.44 bits per heavy atom. The van der Waals surface area contributed by atoms with Gasteiger partial charge in [-0.15, -0.1) is 21.5 Å². The SMILES string of the molecule is Cc1ccc([C@H]2CC(c3cccs3)=NN2C(=O)CSc2nnc(CNC(=O)c3ccc([N+](=O)[O-])cc3)n2-c2ccccc2)cc1. The van der Waals surface area contributed by atoms with E-state index in [-0.39, 0.29) is 35.5 Å². The highest BCUT2D eigenvalue weighted by Crippen LogP contribution is 2.35. The Balaban J connectivity index is 1.20. The highest BCUT2D eigenvalue weighted by atomic mass is 32.2. The Hall–Kier alpha value is -5.14. The number of aryl methyl sites for hydroxylation is 1. The normalized spacial score (nSPS) is 14.3. The average Bonchev–Trinajstić information content (AvgIpc) is 3.84. The highest BCUT2D eigenvalue weighted by Gasteiger charge is 2.33. The number of nitro benzene ring substituents is 1. The third kappa shape index (κ3) is 6.69. The van der Waals surface area contributed by atoms with Gasteiger partial charge < -0.3 is 5.32 Å². The van der Waals surface area contributed by atoms with E-state index in [9.17, 15) is 19.7 Å². The van der Waals surface area contributed by atoms with Crippen molar-refractivity contribution in [3.8, 4) is 5.69 Å². The first-order valence-corrected chi connectivity index (χ1v) is 15.9. The van der Waals surface area contributed by atoms with Gasteiger partial charge in [-0.2, -0.15) is 5.10 Å². The average molecular weight is 638 g/mol. The molecule has 3 aromatic carbocycles. The Bertz CT molecular complexity index is 1860. The zero-order valence-electron chi connectivity index (χ0n) is 24.1. The lowest BCUT2D eigenvalue weighted by Gasteiger charge is -2.22. The Kier molecular flexibility index (Phi) is 8.80. The Labute approximate surface area is 266 Å². The smallest absolute Gasteiger partial charge is 0.269 e. The first kappa shape index (κ1) is 29.9. The number of thiophene rings is 1. The van der Waals surface area contributed by atoms with Crippen LogP contribution < -0.4 is 5.32 Å². The van der Waals surface area contributed by atoms with E-state index in [4.69, 9.17) is 5.10 Å². The topological polar surface area (TPSA) is 136 Å². The quantitative estimate of drug-likeness (QED) is 0.114. The molecule has 5 aromatic rings. The molecule has 0 bridgehead atoms. The van der Waals surface area contributed by atoms with Crippen molar-refractivity contribution >= 4 is 46.3 Å². The molecule has 0 fully saturated rings. The number of hydrogen-bond donors (Lipinski definition) is 1. The second-order valence-corrected chi connectivity index (χ2v) is 12.1. The van der Waals surface area contributed by atoms with E-state index in [0.29, 0.717) is 17.4 Å². The molecule has 1 N–H and O–H groups in total. The third-order valence-corrected chi connectivity index (χ3v) is 9.05. The lowest BCUT2D eigenvalue weighted by Crippen LogP contribution is -2.28. The minimum Gasteiger partial charge on any atom is -0.345 e. The maximum atomic E-state index is 13.7. The van der Waals surface area contributed by atoms with Crippen LogP contribution in [-0.2, 0) is 11.3 Å². The van der Waals surface area contributed by atoms with E-state index < -0.39 is 10.8 Å². The van der Waals surface area contributed by atoms with Crippen molar-refractivity contribution < 1.29 is 14.5 Å². The van der Waals surface area contributed by atoms with Crippen LogP contribution in [-0.4, -0.2) is 48.0 Å². The van der Waals surface area contributed by atoms with Gasteiger partial charge in [-0.25, -0.2) is 5.01 Å². The third-order valence-electron chi connectivity index (χ3n) is 7.22. The lowest BCUT2D eigenvalue weighted by molar-refractivity contribution is -0.384. The molecule has 1 aliphatic heterocycles. The molecule has 2 aromatic heterocycles. The van der Waals surface area contributed by atoms with Crippen molar-refractivity contribution in [2.75, 3.05) is 5.75 Å². The van der Waals surface area contributed by atoms with E-state index in [1.807, 2.05) is 79.0 Å². The molecule has 1 atom stereocenters. The number of amides is 2. The van der Waals surface area contributed by atoms with Crippen LogP contribution >= 0.6 is 23.1 Å². The van der Waals surface area contributed by atoms with Crippen LogP contribution in [0.15, 0.2) is 107 Å². The van der Waals surface area contributed by atoms with E-state index in [1.165, 1.54) is 36.0 Å². The summed E-state index contributed by atoms with van der Waals surface area (Å²) in [4.78, 5) is 38.0. The van der Waals surface area contributed by atoms with Gasteiger partial charge in [-0.05, 0) is 48.2 Å². The van der Waals surface area contributed by atoms with Gasteiger partial charge in [-0.3, -0.25) is 24.3 Å². The van der Waals surface area contributed by atoms with Crippen molar-refractivity contribution in [1.82, 2.24) is 25.1 Å². The number of thioether (sulfide) groups is 1. The van der Waals surface area contributed by atoms with Crippen LogP contribution in [0.1, 0.15) is 44.6 Å². The van der Waals surface area contributed by atoms with Crippen molar-refractivity contribution in [2.45, 2.75) is 31.1 Å². The summed E-state index contributed by atoms with van der Waals surface area (Å²) in [6.07, 6.45) is 0.624. The number of non-ortho nitro benzene ring substituents is 1. The molecular weight excluding hydrogens is 611 g/mol. The molecule has 11 nitrogen and oxygen atoms in total. The predicted molar refractivity (Wildman–Crippen MR) is 173 cm³/mol. The zero-order chi connectivity index (χ0) is 31.3. The summed E-state index contributed by atoms with van der Waals surface area (Å²) in [6, 6.07) is 26.8. The van der Waals surface area contributed by atoms with Gasteiger partial charge in [0.2, 0.25) is 0 Å². The fourth-order valence-corrected chi connectivity index (χ4v) is 6.46. The summed E-state index contributed by atoms with van der Waals surface area (Å²) in [5.41, 5.74) is 4.00. The number of nitrogens with one attached hydrogen (secondary N) is 1. The van der Waals surface area contributed by atoms with Crippen LogP contribution in [0.4, 0.5) is 5.69 Å². The number of carbonyl (C=O) groups is 2. The maximum Gasteiger partial charge on any atom is 0.269 e. The van der Waals surface area contributed by atoms with Crippen LogP contribution in [0.5, 0.6) is 0 Å². The zero-order valence-corrected chi connectivity index (χ0v) is 25.7. The van der Waals surface area contributed by atoms with Crippen LogP contribution in [0.25, 0.3) is 5.69 Å².